The van der Waals surface area contributed by atoms with Crippen LogP contribution in [-0.2, 0) is 4.79 Å². The first-order chi connectivity index (χ1) is 7.74. The van der Waals surface area contributed by atoms with Crippen LogP contribution in [-0.4, -0.2) is 26.1 Å². The van der Waals surface area contributed by atoms with Gasteiger partial charge in [0.15, 0.2) is 4.34 Å². The van der Waals surface area contributed by atoms with Gasteiger partial charge in [-0.2, -0.15) is 0 Å². The molecule has 0 aliphatic carbocycles. The molecular formula is C8H7N5OS2. The van der Waals surface area contributed by atoms with Crippen LogP contribution in [0.3, 0.4) is 0 Å². The first-order valence-corrected chi connectivity index (χ1v) is 5.92. The first kappa shape index (κ1) is 11.0. The van der Waals surface area contributed by atoms with Gasteiger partial charge in [0.2, 0.25) is 11.0 Å². The van der Waals surface area contributed by atoms with Crippen LogP contribution in [0.25, 0.3) is 0 Å². The molecule has 0 fully saturated rings. The van der Waals surface area contributed by atoms with E-state index in [1.807, 2.05) is 0 Å². The van der Waals surface area contributed by atoms with Crippen molar-refractivity contribution in [2.75, 3.05) is 5.32 Å². The fourth-order valence-corrected chi connectivity index (χ4v) is 2.55. The number of hydrogen-bond acceptors (Lipinski definition) is 7. The van der Waals surface area contributed by atoms with Crippen LogP contribution in [0.2, 0.25) is 0 Å². The monoisotopic (exact) mass is 253 g/mol. The number of rotatable bonds is 3. The molecule has 0 spiro atoms. The van der Waals surface area contributed by atoms with Crippen LogP contribution in [0, 0.1) is 0 Å². The second kappa shape index (κ2) is 4.99. The molecule has 2 heterocycles. The molecule has 0 atom stereocenters. The smallest absolute Gasteiger partial charge is 0.223 e. The number of amides is 1. The maximum atomic E-state index is 10.8. The zero-order chi connectivity index (χ0) is 11.4. The Morgan fingerprint density at radius 1 is 1.44 bits per heavy atom. The van der Waals surface area contributed by atoms with E-state index >= 15 is 0 Å². The maximum Gasteiger partial charge on any atom is 0.223 e. The van der Waals surface area contributed by atoms with Crippen molar-refractivity contribution in [3.05, 3.63) is 18.6 Å². The minimum Gasteiger partial charge on any atom is -0.301 e. The van der Waals surface area contributed by atoms with Gasteiger partial charge in [-0.05, 0) is 11.8 Å². The molecule has 0 bridgehead atoms. The van der Waals surface area contributed by atoms with Gasteiger partial charge in [-0.1, -0.05) is 11.3 Å². The highest BCUT2D eigenvalue weighted by molar-refractivity contribution is 8.01. The molecule has 0 radical (unpaired) electrons. The van der Waals surface area contributed by atoms with E-state index in [4.69, 9.17) is 0 Å². The lowest BCUT2D eigenvalue weighted by Gasteiger charge is -1.93. The molecule has 0 aliphatic rings. The van der Waals surface area contributed by atoms with Crippen molar-refractivity contribution in [3.8, 4) is 0 Å². The van der Waals surface area contributed by atoms with Crippen molar-refractivity contribution >= 4 is 34.1 Å². The average molecular weight is 253 g/mol. The summed E-state index contributed by atoms with van der Waals surface area (Å²) < 4.78 is 0.712. The van der Waals surface area contributed by atoms with Crippen molar-refractivity contribution in [1.29, 1.82) is 0 Å². The Hall–Kier alpha value is -1.54. The minimum atomic E-state index is -0.160. The molecule has 2 rings (SSSR count). The zero-order valence-electron chi connectivity index (χ0n) is 8.25. The quantitative estimate of drug-likeness (QED) is 0.834. The Labute approximate surface area is 99.5 Å². The second-order valence-corrected chi connectivity index (χ2v) is 4.95. The molecular weight excluding hydrogens is 246 g/mol. The number of aromatic nitrogens is 4. The molecule has 2 aromatic rings. The van der Waals surface area contributed by atoms with Crippen molar-refractivity contribution in [1.82, 2.24) is 20.2 Å². The van der Waals surface area contributed by atoms with Gasteiger partial charge in [0.05, 0.1) is 6.20 Å². The summed E-state index contributed by atoms with van der Waals surface area (Å²) in [6, 6.07) is 0. The molecule has 2 aromatic heterocycles. The van der Waals surface area contributed by atoms with E-state index in [2.05, 4.69) is 25.5 Å². The topological polar surface area (TPSA) is 80.7 Å². The van der Waals surface area contributed by atoms with Gasteiger partial charge in [0, 0.05) is 19.3 Å². The third kappa shape index (κ3) is 2.97. The zero-order valence-corrected chi connectivity index (χ0v) is 9.88. The summed E-state index contributed by atoms with van der Waals surface area (Å²) >= 11 is 2.65. The summed E-state index contributed by atoms with van der Waals surface area (Å²) in [5.41, 5.74) is 0. The van der Waals surface area contributed by atoms with Crippen LogP contribution in [0.4, 0.5) is 5.13 Å². The summed E-state index contributed by atoms with van der Waals surface area (Å²) in [5.74, 6) is -0.160. The molecule has 0 saturated carbocycles. The summed E-state index contributed by atoms with van der Waals surface area (Å²) in [6.07, 6.45) is 4.86. The fraction of sp³-hybridized carbons (Fsp3) is 0.125. The average Bonchev–Trinajstić information content (AvgIpc) is 2.66. The lowest BCUT2D eigenvalue weighted by atomic mass is 10.7. The number of anilines is 1. The number of nitrogens with zero attached hydrogens (tertiary/aromatic N) is 4. The standard InChI is InChI=1S/C8H7N5OS2/c1-5(14)11-7-12-13-8(16-7)15-6-4-9-2-3-10-6/h2-4H,1H3,(H,11,12,14). The van der Waals surface area contributed by atoms with Crippen LogP contribution in [0.15, 0.2) is 28.0 Å². The van der Waals surface area contributed by atoms with Crippen LogP contribution in [0.1, 0.15) is 6.92 Å². The third-order valence-corrected chi connectivity index (χ3v) is 3.23. The van der Waals surface area contributed by atoms with E-state index in [1.54, 1.807) is 18.6 Å². The van der Waals surface area contributed by atoms with Crippen LogP contribution >= 0.6 is 23.1 Å². The van der Waals surface area contributed by atoms with E-state index < -0.39 is 0 Å². The van der Waals surface area contributed by atoms with Gasteiger partial charge >= 0.3 is 0 Å². The molecule has 82 valence electrons. The largest absolute Gasteiger partial charge is 0.301 e. The van der Waals surface area contributed by atoms with Crippen molar-refractivity contribution in [2.45, 2.75) is 16.3 Å². The highest BCUT2D eigenvalue weighted by Crippen LogP contribution is 2.29. The van der Waals surface area contributed by atoms with Crippen LogP contribution < -0.4 is 5.32 Å². The maximum absolute atomic E-state index is 10.8. The molecule has 6 nitrogen and oxygen atoms in total. The number of hydrogen-bond donors (Lipinski definition) is 1. The highest BCUT2D eigenvalue weighted by atomic mass is 32.2. The highest BCUT2D eigenvalue weighted by Gasteiger charge is 2.07. The Kier molecular flexibility index (Phi) is 3.42. The summed E-state index contributed by atoms with van der Waals surface area (Å²) in [5, 5.41) is 11.5. The van der Waals surface area contributed by atoms with Gasteiger partial charge in [0.1, 0.15) is 5.03 Å². The minimum absolute atomic E-state index is 0.160. The van der Waals surface area contributed by atoms with E-state index in [0.29, 0.717) is 9.47 Å². The summed E-state index contributed by atoms with van der Waals surface area (Å²) in [6.45, 7) is 1.43. The third-order valence-electron chi connectivity index (χ3n) is 1.42. The van der Waals surface area contributed by atoms with Crippen molar-refractivity contribution < 1.29 is 4.79 Å². The van der Waals surface area contributed by atoms with Gasteiger partial charge in [-0.25, -0.2) is 4.98 Å². The van der Waals surface area contributed by atoms with E-state index in [0.717, 1.165) is 5.03 Å². The van der Waals surface area contributed by atoms with Crippen LogP contribution in [0.5, 0.6) is 0 Å². The molecule has 16 heavy (non-hydrogen) atoms. The van der Waals surface area contributed by atoms with Gasteiger partial charge in [0.25, 0.3) is 0 Å². The predicted octanol–water partition coefficient (Wildman–Crippen LogP) is 1.44. The Morgan fingerprint density at radius 2 is 2.31 bits per heavy atom. The Bertz CT molecular complexity index is 486. The summed E-state index contributed by atoms with van der Waals surface area (Å²) in [7, 11) is 0. The van der Waals surface area contributed by atoms with E-state index in [1.165, 1.54) is 30.0 Å². The molecule has 0 aliphatic heterocycles. The first-order valence-electron chi connectivity index (χ1n) is 4.29. The molecule has 8 heteroatoms. The number of carbonyl (C=O) groups is 1. The summed E-state index contributed by atoms with van der Waals surface area (Å²) in [4.78, 5) is 18.8. The molecule has 0 saturated heterocycles. The molecule has 0 unspecified atom stereocenters. The van der Waals surface area contributed by atoms with Gasteiger partial charge in [-0.15, -0.1) is 10.2 Å². The molecule has 0 aromatic carbocycles. The normalized spacial score (nSPS) is 10.1. The lowest BCUT2D eigenvalue weighted by molar-refractivity contribution is -0.114. The van der Waals surface area contributed by atoms with Gasteiger partial charge in [-0.3, -0.25) is 9.78 Å². The molecule has 1 N–H and O–H groups in total. The Balaban J connectivity index is 2.06. The SMILES string of the molecule is CC(=O)Nc1nnc(Sc2cnccn2)s1. The predicted molar refractivity (Wildman–Crippen MR) is 60.4 cm³/mol. The Morgan fingerprint density at radius 3 is 3.00 bits per heavy atom. The van der Waals surface area contributed by atoms with Crippen molar-refractivity contribution in [3.63, 3.8) is 0 Å². The van der Waals surface area contributed by atoms with Gasteiger partial charge < -0.3 is 5.32 Å². The number of carbonyl (C=O) groups excluding carboxylic acids is 1. The van der Waals surface area contributed by atoms with E-state index in [-0.39, 0.29) is 5.91 Å². The second-order valence-electron chi connectivity index (χ2n) is 2.70. The van der Waals surface area contributed by atoms with Crippen molar-refractivity contribution in [2.24, 2.45) is 0 Å². The number of nitrogens with one attached hydrogen (secondary N) is 1. The fourth-order valence-electron chi connectivity index (χ4n) is 0.880. The molecule has 1 amide bonds. The lowest BCUT2D eigenvalue weighted by Crippen LogP contribution is -2.04. The van der Waals surface area contributed by atoms with E-state index in [9.17, 15) is 4.79 Å².